The summed E-state index contributed by atoms with van der Waals surface area (Å²) in [6, 6.07) is 13.9. The van der Waals surface area contributed by atoms with Crippen LogP contribution in [0.15, 0.2) is 42.5 Å². The number of hydrogen-bond donors (Lipinski definition) is 2. The van der Waals surface area contributed by atoms with Gasteiger partial charge in [-0.3, -0.25) is 0 Å². The molecule has 3 N–H and O–H groups in total. The van der Waals surface area contributed by atoms with Gasteiger partial charge >= 0.3 is 180 Å². The van der Waals surface area contributed by atoms with Crippen molar-refractivity contribution in [3.05, 3.63) is 58.4 Å². The van der Waals surface area contributed by atoms with Crippen LogP contribution in [0.2, 0.25) is 0 Å². The predicted molar refractivity (Wildman–Crippen MR) is 117 cm³/mol. The zero-order chi connectivity index (χ0) is 20.9. The molecule has 9 heteroatoms. The average Bonchev–Trinajstić information content (AvgIpc) is 3.31. The number of nitrogens with one attached hydrogen (secondary N) is 1. The third kappa shape index (κ3) is 4.93. The van der Waals surface area contributed by atoms with Crippen LogP contribution in [0.1, 0.15) is 28.8 Å². The van der Waals surface area contributed by atoms with Crippen molar-refractivity contribution in [3.63, 3.8) is 0 Å². The monoisotopic (exact) mass is 469 g/mol. The molecule has 30 heavy (non-hydrogen) atoms. The van der Waals surface area contributed by atoms with Crippen LogP contribution in [0.3, 0.4) is 0 Å². The number of nitrogens with two attached hydrogens (primary N) is 1. The molecule has 1 aromatic carbocycles. The maximum absolute atomic E-state index is 12.5. The molecule has 8 nitrogen and oxygen atoms in total. The number of para-hydroxylation sites is 1. The molecule has 4 aromatic rings. The van der Waals surface area contributed by atoms with Gasteiger partial charge in [-0.25, -0.2) is 0 Å². The molecule has 154 valence electrons. The Balaban J connectivity index is 1.25. The molecule has 4 rings (SSSR count). The Kier molecular flexibility index (Phi) is 6.20. The normalized spacial score (nSPS) is 11.1. The average molecular weight is 468 g/mol. The van der Waals surface area contributed by atoms with Crippen molar-refractivity contribution in [2.24, 2.45) is 7.05 Å². The van der Waals surface area contributed by atoms with Gasteiger partial charge < -0.3 is 0 Å². The summed E-state index contributed by atoms with van der Waals surface area (Å²) in [5.41, 5.74) is 8.60. The van der Waals surface area contributed by atoms with Crippen molar-refractivity contribution in [3.8, 4) is 0 Å². The van der Waals surface area contributed by atoms with Gasteiger partial charge in [-0.2, -0.15) is 0 Å². The number of benzene rings is 1. The van der Waals surface area contributed by atoms with E-state index in [-0.39, 0.29) is 20.4 Å². The van der Waals surface area contributed by atoms with Gasteiger partial charge in [-0.05, 0) is 0 Å². The van der Waals surface area contributed by atoms with E-state index in [4.69, 9.17) is 5.73 Å². The van der Waals surface area contributed by atoms with Gasteiger partial charge in [0, 0.05) is 0 Å². The number of fused-ring (bicyclic) bond motifs is 1. The Hall–Kier alpha value is -3.03. The minimum absolute atomic E-state index is 0.0183. The molecule has 3 heterocycles. The fourth-order valence-electron chi connectivity index (χ4n) is 3.33. The van der Waals surface area contributed by atoms with E-state index in [1.54, 1.807) is 6.07 Å². The zero-order valence-corrected chi connectivity index (χ0v) is 18.4. The second kappa shape index (κ2) is 9.19. The third-order valence-electron chi connectivity index (χ3n) is 4.92. The quantitative estimate of drug-likeness (QED) is 0.303. The van der Waals surface area contributed by atoms with Gasteiger partial charge in [-0.15, -0.1) is 0 Å². The molecular formula is C21H23N7OSe. The molecule has 0 aliphatic carbocycles. The number of rotatable bonds is 8. The van der Waals surface area contributed by atoms with Crippen LogP contribution in [0.4, 0.5) is 10.5 Å². The van der Waals surface area contributed by atoms with E-state index in [9.17, 15) is 4.79 Å². The summed E-state index contributed by atoms with van der Waals surface area (Å²) in [5, 5.41) is 20.4. The molecule has 0 spiro atoms. The summed E-state index contributed by atoms with van der Waals surface area (Å²) in [4.78, 5) is 12.5. The second-order valence-corrected chi connectivity index (χ2v) is 9.36. The van der Waals surface area contributed by atoms with Gasteiger partial charge in [0.15, 0.2) is 0 Å². The van der Waals surface area contributed by atoms with E-state index in [0.29, 0.717) is 16.9 Å². The van der Waals surface area contributed by atoms with E-state index in [2.05, 4.69) is 48.5 Å². The number of aryl methyl sites for hydroxylation is 3. The van der Waals surface area contributed by atoms with E-state index < -0.39 is 0 Å². The summed E-state index contributed by atoms with van der Waals surface area (Å²) in [5.74, 6) is 0.383. The van der Waals surface area contributed by atoms with E-state index in [1.165, 1.54) is 0 Å². The minimum atomic E-state index is -0.0556. The second-order valence-electron chi connectivity index (χ2n) is 7.14. The molecule has 0 bridgehead atoms. The molecule has 0 saturated heterocycles. The van der Waals surface area contributed by atoms with E-state index >= 15 is 0 Å². The Morgan fingerprint density at radius 1 is 1.07 bits per heavy atom. The Morgan fingerprint density at radius 2 is 1.90 bits per heavy atom. The van der Waals surface area contributed by atoms with Crippen LogP contribution < -0.4 is 11.1 Å². The molecule has 1 amide bonds. The van der Waals surface area contributed by atoms with Crippen LogP contribution in [-0.4, -0.2) is 45.4 Å². The number of nitrogens with zero attached hydrogens (tertiary/aromatic N) is 5. The molecule has 0 aliphatic rings. The SMILES string of the molecule is Cn1c(CC(=O)Nc2nnc(CCCCc3ccc(N)nn3)[se]2)cc2ccccc21. The molecule has 0 saturated carbocycles. The first-order valence-corrected chi connectivity index (χ1v) is 11.5. The summed E-state index contributed by atoms with van der Waals surface area (Å²) in [7, 11) is 1.99. The van der Waals surface area contributed by atoms with Crippen LogP contribution in [0, 0.1) is 0 Å². The predicted octanol–water partition coefficient (Wildman–Crippen LogP) is 2.14. The van der Waals surface area contributed by atoms with Crippen molar-refractivity contribution < 1.29 is 4.79 Å². The molecule has 0 unspecified atom stereocenters. The van der Waals surface area contributed by atoms with Crippen LogP contribution in [0.5, 0.6) is 0 Å². The maximum atomic E-state index is 12.5. The third-order valence-corrected chi connectivity index (χ3v) is 6.80. The topological polar surface area (TPSA) is 112 Å². The van der Waals surface area contributed by atoms with Crippen LogP contribution >= 0.6 is 0 Å². The molecule has 3 aromatic heterocycles. The van der Waals surface area contributed by atoms with Gasteiger partial charge in [0.1, 0.15) is 0 Å². The Labute approximate surface area is 180 Å². The van der Waals surface area contributed by atoms with E-state index in [1.807, 2.05) is 25.2 Å². The summed E-state index contributed by atoms with van der Waals surface area (Å²) < 4.78 is 3.81. The van der Waals surface area contributed by atoms with E-state index in [0.717, 1.165) is 52.5 Å². The van der Waals surface area contributed by atoms with Crippen LogP contribution in [0.25, 0.3) is 10.9 Å². The summed E-state index contributed by atoms with van der Waals surface area (Å²) in [6.45, 7) is 0. The molecule has 0 fully saturated rings. The first-order chi connectivity index (χ1) is 14.6. The first kappa shape index (κ1) is 20.3. The number of hydrogen-bond acceptors (Lipinski definition) is 6. The Morgan fingerprint density at radius 3 is 2.70 bits per heavy atom. The number of anilines is 2. The number of amides is 1. The number of nitrogen functional groups attached to an aromatic ring is 1. The molecule has 0 aliphatic heterocycles. The zero-order valence-electron chi connectivity index (χ0n) is 16.7. The number of carbonyl (C=O) groups excluding carboxylic acids is 1. The number of carbonyl (C=O) groups is 1. The fourth-order valence-corrected chi connectivity index (χ4v) is 5.01. The molecule has 0 atom stereocenters. The summed E-state index contributed by atoms with van der Waals surface area (Å²) in [6.07, 6.45) is 4.06. The van der Waals surface area contributed by atoms with Gasteiger partial charge in [-0.1, -0.05) is 0 Å². The van der Waals surface area contributed by atoms with Crippen molar-refractivity contribution in [1.82, 2.24) is 25.0 Å². The van der Waals surface area contributed by atoms with Crippen LogP contribution in [-0.2, 0) is 31.1 Å². The first-order valence-electron chi connectivity index (χ1n) is 9.82. The van der Waals surface area contributed by atoms with Crippen molar-refractivity contribution in [1.29, 1.82) is 0 Å². The summed E-state index contributed by atoms with van der Waals surface area (Å²) >= 11 is -0.0183. The van der Waals surface area contributed by atoms with Crippen molar-refractivity contribution >= 4 is 41.8 Å². The fraction of sp³-hybridized carbons (Fsp3) is 0.286. The van der Waals surface area contributed by atoms with Gasteiger partial charge in [0.2, 0.25) is 0 Å². The molecular weight excluding hydrogens is 445 g/mol. The van der Waals surface area contributed by atoms with Gasteiger partial charge in [0.05, 0.1) is 0 Å². The number of unbranched alkanes of at least 4 members (excludes halogenated alkanes) is 1. The molecule has 0 radical (unpaired) electrons. The number of aromatic nitrogens is 5. The Bertz CT molecular complexity index is 1150. The van der Waals surface area contributed by atoms with Crippen molar-refractivity contribution in [2.45, 2.75) is 32.1 Å². The standard InChI is InChI=1S/C21H23N7OSe/c1-28-16(12-14-6-2-4-8-17(14)28)13-19(29)23-21-27-26-20(30-21)9-5-3-7-15-10-11-18(22)25-24-15/h2,4,6,8,10-12H,3,5,7,9,13H2,1H3,(H2,22,25)(H,23,27,29). The van der Waals surface area contributed by atoms with Crippen molar-refractivity contribution in [2.75, 3.05) is 11.1 Å². The van der Waals surface area contributed by atoms with Gasteiger partial charge in [0.25, 0.3) is 0 Å².